The predicted molar refractivity (Wildman–Crippen MR) is 97.7 cm³/mol. The highest BCUT2D eigenvalue weighted by molar-refractivity contribution is 5.92. The van der Waals surface area contributed by atoms with E-state index in [9.17, 15) is 4.79 Å². The van der Waals surface area contributed by atoms with Crippen LogP contribution in [0.2, 0.25) is 0 Å². The average molecular weight is 373 g/mol. The molecule has 144 valence electrons. The minimum Gasteiger partial charge on any atom is -0.490 e. The number of rotatable bonds is 7. The normalized spacial score (nSPS) is 15.8. The van der Waals surface area contributed by atoms with Gasteiger partial charge in [-0.25, -0.2) is 4.79 Å². The number of allylic oxidation sites excluding steroid dienone is 1. The third-order valence-electron chi connectivity index (χ3n) is 4.09. The molecule has 0 bridgehead atoms. The Balaban J connectivity index is 2.11. The number of carbonyl (C=O) groups is 1. The molecule has 9 nitrogen and oxygen atoms in total. The van der Waals surface area contributed by atoms with Crippen molar-refractivity contribution < 1.29 is 19.0 Å². The Morgan fingerprint density at radius 1 is 1.15 bits per heavy atom. The van der Waals surface area contributed by atoms with Crippen LogP contribution in [0.4, 0.5) is 5.95 Å². The van der Waals surface area contributed by atoms with Gasteiger partial charge in [0.15, 0.2) is 11.5 Å². The molecule has 1 unspecified atom stereocenters. The maximum absolute atomic E-state index is 12.6. The van der Waals surface area contributed by atoms with Gasteiger partial charge < -0.3 is 19.5 Å². The van der Waals surface area contributed by atoms with E-state index in [2.05, 4.69) is 20.8 Å². The van der Waals surface area contributed by atoms with Crippen molar-refractivity contribution in [1.82, 2.24) is 20.2 Å². The summed E-state index contributed by atoms with van der Waals surface area (Å²) in [6, 6.07) is 5.02. The van der Waals surface area contributed by atoms with Gasteiger partial charge in [0.05, 0.1) is 25.4 Å². The zero-order chi connectivity index (χ0) is 19.4. The Labute approximate surface area is 157 Å². The van der Waals surface area contributed by atoms with Gasteiger partial charge in [-0.15, -0.1) is 0 Å². The molecule has 0 amide bonds. The van der Waals surface area contributed by atoms with Crippen molar-refractivity contribution in [3.05, 3.63) is 35.0 Å². The lowest BCUT2D eigenvalue weighted by Crippen LogP contribution is -2.29. The van der Waals surface area contributed by atoms with E-state index in [0.29, 0.717) is 41.9 Å². The molecular formula is C18H23N5O4. The number of hydrogen-bond acceptors (Lipinski definition) is 8. The summed E-state index contributed by atoms with van der Waals surface area (Å²) in [6.45, 7) is 8.68. The van der Waals surface area contributed by atoms with Crippen LogP contribution in [0, 0.1) is 0 Å². The van der Waals surface area contributed by atoms with Crippen LogP contribution in [0.3, 0.4) is 0 Å². The summed E-state index contributed by atoms with van der Waals surface area (Å²) in [7, 11) is 0. The molecule has 2 heterocycles. The number of esters is 1. The molecule has 1 aliphatic rings. The molecule has 1 aliphatic heterocycles. The molecule has 0 saturated carbocycles. The number of ether oxygens (including phenoxy) is 3. The van der Waals surface area contributed by atoms with Crippen LogP contribution in [-0.2, 0) is 9.53 Å². The minimum absolute atomic E-state index is 0.276. The first-order chi connectivity index (χ1) is 13.1. The Bertz CT molecular complexity index is 861. The van der Waals surface area contributed by atoms with Crippen molar-refractivity contribution in [2.75, 3.05) is 25.1 Å². The van der Waals surface area contributed by atoms with Crippen molar-refractivity contribution in [3.63, 3.8) is 0 Å². The SMILES string of the molecule is CCOC(=O)C1=C(C)Nc2nnnn2C1c1ccc(OCC)c(OCC)c1. The van der Waals surface area contributed by atoms with E-state index in [1.54, 1.807) is 18.5 Å². The van der Waals surface area contributed by atoms with Gasteiger partial charge in [0, 0.05) is 5.70 Å². The molecule has 3 rings (SSSR count). The summed E-state index contributed by atoms with van der Waals surface area (Å²) in [5.41, 5.74) is 1.88. The maximum Gasteiger partial charge on any atom is 0.338 e. The van der Waals surface area contributed by atoms with Crippen molar-refractivity contribution in [3.8, 4) is 11.5 Å². The van der Waals surface area contributed by atoms with E-state index < -0.39 is 12.0 Å². The topological polar surface area (TPSA) is 100 Å². The van der Waals surface area contributed by atoms with Gasteiger partial charge in [-0.05, 0) is 55.8 Å². The summed E-state index contributed by atoms with van der Waals surface area (Å²) in [4.78, 5) is 12.6. The Hall–Kier alpha value is -3.10. The summed E-state index contributed by atoms with van der Waals surface area (Å²) >= 11 is 0. The van der Waals surface area contributed by atoms with E-state index in [-0.39, 0.29) is 6.61 Å². The minimum atomic E-state index is -0.537. The number of carbonyl (C=O) groups excluding carboxylic acids is 1. The molecule has 0 radical (unpaired) electrons. The molecule has 2 aromatic rings. The number of benzene rings is 1. The first kappa shape index (κ1) is 18.7. The maximum atomic E-state index is 12.6. The molecule has 0 saturated heterocycles. The molecule has 0 spiro atoms. The van der Waals surface area contributed by atoms with Crippen molar-refractivity contribution >= 4 is 11.9 Å². The van der Waals surface area contributed by atoms with Crippen LogP contribution in [0.25, 0.3) is 0 Å². The second-order valence-electron chi connectivity index (χ2n) is 5.81. The first-order valence-electron chi connectivity index (χ1n) is 8.92. The van der Waals surface area contributed by atoms with E-state index in [1.165, 1.54) is 0 Å². The van der Waals surface area contributed by atoms with Gasteiger partial charge in [-0.3, -0.25) is 0 Å². The van der Waals surface area contributed by atoms with Gasteiger partial charge >= 0.3 is 5.97 Å². The second-order valence-corrected chi connectivity index (χ2v) is 5.81. The molecular weight excluding hydrogens is 350 g/mol. The highest BCUT2D eigenvalue weighted by atomic mass is 16.5. The molecule has 27 heavy (non-hydrogen) atoms. The molecule has 1 N–H and O–H groups in total. The van der Waals surface area contributed by atoms with Crippen molar-refractivity contribution in [2.24, 2.45) is 0 Å². The highest BCUT2D eigenvalue weighted by Gasteiger charge is 2.35. The number of tetrazole rings is 1. The van der Waals surface area contributed by atoms with Gasteiger partial charge in [-0.2, -0.15) is 4.68 Å². The number of nitrogens with one attached hydrogen (secondary N) is 1. The van der Waals surface area contributed by atoms with Crippen LogP contribution in [0.15, 0.2) is 29.5 Å². The van der Waals surface area contributed by atoms with Crippen molar-refractivity contribution in [2.45, 2.75) is 33.7 Å². The summed E-state index contributed by atoms with van der Waals surface area (Å²) in [6.07, 6.45) is 0. The fourth-order valence-electron chi connectivity index (χ4n) is 3.03. The number of aromatic nitrogens is 4. The van der Waals surface area contributed by atoms with Gasteiger partial charge in [0.2, 0.25) is 5.95 Å². The Morgan fingerprint density at radius 3 is 2.59 bits per heavy atom. The van der Waals surface area contributed by atoms with Crippen molar-refractivity contribution in [1.29, 1.82) is 0 Å². The third-order valence-corrected chi connectivity index (χ3v) is 4.09. The highest BCUT2D eigenvalue weighted by Crippen LogP contribution is 2.38. The van der Waals surface area contributed by atoms with Crippen LogP contribution in [0.1, 0.15) is 39.3 Å². The molecule has 0 fully saturated rings. The smallest absolute Gasteiger partial charge is 0.338 e. The van der Waals surface area contributed by atoms with Crippen LogP contribution >= 0.6 is 0 Å². The fourth-order valence-corrected chi connectivity index (χ4v) is 3.03. The van der Waals surface area contributed by atoms with Crippen LogP contribution in [0.5, 0.6) is 11.5 Å². The summed E-state index contributed by atoms with van der Waals surface area (Å²) < 4.78 is 18.2. The number of fused-ring (bicyclic) bond motifs is 1. The van der Waals surface area contributed by atoms with Gasteiger partial charge in [0.1, 0.15) is 6.04 Å². The standard InChI is InChI=1S/C18H23N5O4/c1-5-25-13-9-8-12(10-14(13)26-6-2)16-15(17(24)27-7-3)11(4)19-18-20-21-22-23(16)18/h8-10,16H,5-7H2,1-4H3,(H,19,20,22). The van der Waals surface area contributed by atoms with Gasteiger partial charge in [-0.1, -0.05) is 11.2 Å². The lowest BCUT2D eigenvalue weighted by Gasteiger charge is -2.27. The number of hydrogen-bond donors (Lipinski definition) is 1. The molecule has 1 aromatic heterocycles. The van der Waals surface area contributed by atoms with E-state index >= 15 is 0 Å². The largest absolute Gasteiger partial charge is 0.490 e. The second kappa shape index (κ2) is 8.07. The summed E-state index contributed by atoms with van der Waals surface area (Å²) in [5, 5.41) is 14.8. The zero-order valence-corrected chi connectivity index (χ0v) is 15.9. The number of anilines is 1. The molecule has 9 heteroatoms. The average Bonchev–Trinajstić information content (AvgIpc) is 3.10. The van der Waals surface area contributed by atoms with E-state index in [4.69, 9.17) is 14.2 Å². The van der Waals surface area contributed by atoms with E-state index in [0.717, 1.165) is 5.56 Å². The number of nitrogens with zero attached hydrogens (tertiary/aromatic N) is 4. The van der Waals surface area contributed by atoms with E-state index in [1.807, 2.05) is 32.0 Å². The summed E-state index contributed by atoms with van der Waals surface area (Å²) in [5.74, 6) is 1.29. The fraction of sp³-hybridized carbons (Fsp3) is 0.444. The zero-order valence-electron chi connectivity index (χ0n) is 15.9. The van der Waals surface area contributed by atoms with Crippen LogP contribution < -0.4 is 14.8 Å². The Morgan fingerprint density at radius 2 is 1.89 bits per heavy atom. The molecule has 1 atom stereocenters. The quantitative estimate of drug-likeness (QED) is 0.738. The predicted octanol–water partition coefficient (Wildman–Crippen LogP) is 2.32. The third kappa shape index (κ3) is 3.57. The monoisotopic (exact) mass is 373 g/mol. The Kier molecular flexibility index (Phi) is 5.58. The van der Waals surface area contributed by atoms with Gasteiger partial charge in [0.25, 0.3) is 0 Å². The van der Waals surface area contributed by atoms with Crippen LogP contribution in [-0.4, -0.2) is 46.0 Å². The lowest BCUT2D eigenvalue weighted by atomic mass is 9.95. The first-order valence-corrected chi connectivity index (χ1v) is 8.92. The molecule has 0 aliphatic carbocycles. The lowest BCUT2D eigenvalue weighted by molar-refractivity contribution is -0.139. The molecule has 1 aromatic carbocycles.